The first-order chi connectivity index (χ1) is 10.7. The Bertz CT molecular complexity index is 937. The Morgan fingerprint density at radius 3 is 2.55 bits per heavy atom. The highest BCUT2D eigenvalue weighted by molar-refractivity contribution is 5.91. The molecule has 0 aliphatic carbocycles. The van der Waals surface area contributed by atoms with Crippen molar-refractivity contribution in [1.29, 1.82) is 0 Å². The fourth-order valence-corrected chi connectivity index (χ4v) is 2.47. The maximum atomic E-state index is 5.46. The number of rotatable bonds is 2. The van der Waals surface area contributed by atoms with Crippen LogP contribution in [0.2, 0.25) is 0 Å². The quantitative estimate of drug-likeness (QED) is 0.565. The van der Waals surface area contributed by atoms with E-state index in [-0.39, 0.29) is 0 Å². The van der Waals surface area contributed by atoms with Crippen LogP contribution < -0.4 is 0 Å². The molecule has 0 aliphatic heterocycles. The second-order valence-corrected chi connectivity index (χ2v) is 5.28. The summed E-state index contributed by atoms with van der Waals surface area (Å²) in [7, 11) is 0. The Hall–Kier alpha value is -2.95. The van der Waals surface area contributed by atoms with Gasteiger partial charge in [0.05, 0.1) is 23.0 Å². The van der Waals surface area contributed by atoms with Gasteiger partial charge in [-0.15, -0.1) is 5.10 Å². The first kappa shape index (κ1) is 12.8. The topological polar surface area (TPSA) is 56.7 Å². The van der Waals surface area contributed by atoms with Gasteiger partial charge < -0.3 is 4.42 Å². The summed E-state index contributed by atoms with van der Waals surface area (Å²) < 4.78 is 7.31. The first-order valence-corrected chi connectivity index (χ1v) is 7.06. The molecule has 0 aliphatic rings. The molecule has 0 unspecified atom stereocenters. The summed E-state index contributed by atoms with van der Waals surface area (Å²) in [5.41, 5.74) is 4.57. The molecule has 0 saturated heterocycles. The smallest absolute Gasteiger partial charge is 0.154 e. The number of benzene rings is 1. The molecule has 5 nitrogen and oxygen atoms in total. The molecular formula is C17H14N4O. The van der Waals surface area contributed by atoms with E-state index in [1.807, 2.05) is 42.1 Å². The molecule has 3 heterocycles. The third kappa shape index (κ3) is 1.98. The van der Waals surface area contributed by atoms with Gasteiger partial charge in [0.2, 0.25) is 0 Å². The zero-order chi connectivity index (χ0) is 15.1. The SMILES string of the molecule is Cc1ccc(-n2cc3c(-c4ccco4)nnc(C)c3n2)cc1. The van der Waals surface area contributed by atoms with E-state index in [4.69, 9.17) is 4.42 Å². The highest BCUT2D eigenvalue weighted by atomic mass is 16.3. The van der Waals surface area contributed by atoms with Crippen LogP contribution in [0.25, 0.3) is 28.0 Å². The van der Waals surface area contributed by atoms with Crippen molar-refractivity contribution in [3.63, 3.8) is 0 Å². The lowest BCUT2D eigenvalue weighted by atomic mass is 10.2. The van der Waals surface area contributed by atoms with Gasteiger partial charge in [-0.3, -0.25) is 0 Å². The molecule has 22 heavy (non-hydrogen) atoms. The van der Waals surface area contributed by atoms with E-state index in [0.29, 0.717) is 11.5 Å². The molecule has 108 valence electrons. The monoisotopic (exact) mass is 290 g/mol. The molecule has 0 saturated carbocycles. The summed E-state index contributed by atoms with van der Waals surface area (Å²) in [5, 5.41) is 14.1. The number of hydrogen-bond donors (Lipinski definition) is 0. The van der Waals surface area contributed by atoms with Gasteiger partial charge in [0.1, 0.15) is 11.2 Å². The Kier molecular flexibility index (Phi) is 2.79. The summed E-state index contributed by atoms with van der Waals surface area (Å²) in [6.45, 7) is 3.98. The number of aryl methyl sites for hydroxylation is 2. The van der Waals surface area contributed by atoms with Gasteiger partial charge in [0.15, 0.2) is 5.76 Å². The standard InChI is InChI=1S/C17H14N4O/c1-11-5-7-13(8-6-11)21-10-14-16(20-21)12(2)18-19-17(14)15-4-3-9-22-15/h3-10H,1-2H3. The van der Waals surface area contributed by atoms with Crippen LogP contribution in [0.4, 0.5) is 0 Å². The minimum Gasteiger partial charge on any atom is -0.463 e. The first-order valence-electron chi connectivity index (χ1n) is 7.06. The molecule has 4 aromatic rings. The van der Waals surface area contributed by atoms with Crippen molar-refractivity contribution in [2.24, 2.45) is 0 Å². The lowest BCUT2D eigenvalue weighted by Crippen LogP contribution is -1.94. The van der Waals surface area contributed by atoms with Gasteiger partial charge in [0.25, 0.3) is 0 Å². The number of hydrogen-bond acceptors (Lipinski definition) is 4. The second-order valence-electron chi connectivity index (χ2n) is 5.28. The molecule has 1 aromatic carbocycles. The van der Waals surface area contributed by atoms with E-state index in [2.05, 4.69) is 34.4 Å². The maximum absolute atomic E-state index is 5.46. The molecule has 3 aromatic heterocycles. The van der Waals surface area contributed by atoms with Crippen LogP contribution in [0.15, 0.2) is 53.3 Å². The number of nitrogens with zero attached hydrogens (tertiary/aromatic N) is 4. The molecule has 0 spiro atoms. The van der Waals surface area contributed by atoms with Crippen molar-refractivity contribution in [3.8, 4) is 17.1 Å². The third-order valence-electron chi connectivity index (χ3n) is 3.67. The van der Waals surface area contributed by atoms with E-state index < -0.39 is 0 Å². The van der Waals surface area contributed by atoms with E-state index in [9.17, 15) is 0 Å². The van der Waals surface area contributed by atoms with Crippen LogP contribution in [-0.4, -0.2) is 20.0 Å². The Morgan fingerprint density at radius 1 is 1.00 bits per heavy atom. The molecular weight excluding hydrogens is 276 g/mol. The van der Waals surface area contributed by atoms with E-state index in [0.717, 1.165) is 22.3 Å². The minimum absolute atomic E-state index is 0.695. The van der Waals surface area contributed by atoms with E-state index in [1.165, 1.54) is 5.56 Å². The van der Waals surface area contributed by atoms with Gasteiger partial charge >= 0.3 is 0 Å². The van der Waals surface area contributed by atoms with Crippen LogP contribution in [0.1, 0.15) is 11.3 Å². The van der Waals surface area contributed by atoms with Crippen molar-refractivity contribution in [1.82, 2.24) is 20.0 Å². The summed E-state index contributed by atoms with van der Waals surface area (Å²) in [6, 6.07) is 11.9. The van der Waals surface area contributed by atoms with E-state index >= 15 is 0 Å². The Balaban J connectivity index is 1.95. The number of aromatic nitrogens is 4. The van der Waals surface area contributed by atoms with Crippen molar-refractivity contribution in [3.05, 3.63) is 60.1 Å². The molecule has 0 atom stereocenters. The van der Waals surface area contributed by atoms with Gasteiger partial charge in [0, 0.05) is 6.20 Å². The zero-order valence-corrected chi connectivity index (χ0v) is 12.3. The summed E-state index contributed by atoms with van der Waals surface area (Å²) >= 11 is 0. The molecule has 0 radical (unpaired) electrons. The highest BCUT2D eigenvalue weighted by Gasteiger charge is 2.15. The van der Waals surface area contributed by atoms with Crippen molar-refractivity contribution < 1.29 is 4.42 Å². The van der Waals surface area contributed by atoms with Crippen LogP contribution in [0, 0.1) is 13.8 Å². The fourth-order valence-electron chi connectivity index (χ4n) is 2.47. The predicted molar refractivity (Wildman–Crippen MR) is 83.8 cm³/mol. The third-order valence-corrected chi connectivity index (χ3v) is 3.67. The van der Waals surface area contributed by atoms with E-state index in [1.54, 1.807) is 6.26 Å². The zero-order valence-electron chi connectivity index (χ0n) is 12.3. The predicted octanol–water partition coefficient (Wildman–Crippen LogP) is 3.69. The maximum Gasteiger partial charge on any atom is 0.154 e. The molecule has 0 N–H and O–H groups in total. The summed E-state index contributed by atoms with van der Waals surface area (Å²) in [6.07, 6.45) is 3.60. The summed E-state index contributed by atoms with van der Waals surface area (Å²) in [4.78, 5) is 0. The second kappa shape index (κ2) is 4.80. The minimum atomic E-state index is 0.695. The summed E-state index contributed by atoms with van der Waals surface area (Å²) in [5.74, 6) is 0.695. The average Bonchev–Trinajstić information content (AvgIpc) is 3.18. The molecule has 0 fully saturated rings. The lowest BCUT2D eigenvalue weighted by molar-refractivity contribution is 0.579. The van der Waals surface area contributed by atoms with Gasteiger partial charge in [-0.1, -0.05) is 17.7 Å². The van der Waals surface area contributed by atoms with Crippen LogP contribution in [0.5, 0.6) is 0 Å². The number of furan rings is 1. The lowest BCUT2D eigenvalue weighted by Gasteiger charge is -2.00. The molecule has 0 amide bonds. The Labute approximate surface area is 127 Å². The number of fused-ring (bicyclic) bond motifs is 1. The van der Waals surface area contributed by atoms with Crippen molar-refractivity contribution in [2.75, 3.05) is 0 Å². The van der Waals surface area contributed by atoms with Gasteiger partial charge in [-0.2, -0.15) is 10.2 Å². The van der Waals surface area contributed by atoms with Gasteiger partial charge in [-0.05, 0) is 38.1 Å². The highest BCUT2D eigenvalue weighted by Crippen LogP contribution is 2.27. The Morgan fingerprint density at radius 2 is 1.82 bits per heavy atom. The normalized spacial score (nSPS) is 11.2. The largest absolute Gasteiger partial charge is 0.463 e. The molecule has 4 rings (SSSR count). The molecule has 0 bridgehead atoms. The van der Waals surface area contributed by atoms with Gasteiger partial charge in [-0.25, -0.2) is 4.68 Å². The fraction of sp³-hybridized carbons (Fsp3) is 0.118. The van der Waals surface area contributed by atoms with Crippen molar-refractivity contribution >= 4 is 10.9 Å². The molecule has 5 heteroatoms. The van der Waals surface area contributed by atoms with Crippen LogP contribution >= 0.6 is 0 Å². The van der Waals surface area contributed by atoms with Crippen molar-refractivity contribution in [2.45, 2.75) is 13.8 Å². The van der Waals surface area contributed by atoms with Crippen LogP contribution in [-0.2, 0) is 0 Å². The van der Waals surface area contributed by atoms with Crippen LogP contribution in [0.3, 0.4) is 0 Å². The average molecular weight is 290 g/mol.